The Labute approximate surface area is 116 Å². The van der Waals surface area contributed by atoms with Crippen LogP contribution in [0.5, 0.6) is 0 Å². The molecule has 0 unspecified atom stereocenters. The third kappa shape index (κ3) is 3.38. The van der Waals surface area contributed by atoms with E-state index in [0.717, 1.165) is 11.4 Å². The van der Waals surface area contributed by atoms with Crippen molar-refractivity contribution in [2.24, 2.45) is 0 Å². The summed E-state index contributed by atoms with van der Waals surface area (Å²) in [5, 5.41) is 0. The highest BCUT2D eigenvalue weighted by Gasteiger charge is 2.09. The van der Waals surface area contributed by atoms with Crippen LogP contribution in [0.15, 0.2) is 36.7 Å². The zero-order chi connectivity index (χ0) is 14.5. The van der Waals surface area contributed by atoms with Gasteiger partial charge in [-0.25, -0.2) is 0 Å². The fourth-order valence-corrected chi connectivity index (χ4v) is 1.63. The van der Waals surface area contributed by atoms with Crippen LogP contribution in [0.3, 0.4) is 0 Å². The average molecular weight is 270 g/mol. The van der Waals surface area contributed by atoms with Gasteiger partial charge in [-0.05, 0) is 38.1 Å². The van der Waals surface area contributed by atoms with E-state index in [4.69, 9.17) is 0 Å². The standard InChI is InChI=1S/C14H14N4O2/c1-9-7-11(3-5-15-9)13(19)17-18-14(20)12-4-6-16-10(2)8-12/h3-8H,1-2H3,(H,17,19)(H,18,20). The first kappa shape index (κ1) is 13.7. The Bertz CT molecular complexity index is 598. The van der Waals surface area contributed by atoms with Crippen LogP contribution in [-0.4, -0.2) is 21.8 Å². The lowest BCUT2D eigenvalue weighted by Crippen LogP contribution is -2.41. The van der Waals surface area contributed by atoms with E-state index >= 15 is 0 Å². The Hall–Kier alpha value is -2.76. The van der Waals surface area contributed by atoms with Crippen molar-refractivity contribution in [1.29, 1.82) is 0 Å². The molecule has 0 aromatic carbocycles. The predicted molar refractivity (Wildman–Crippen MR) is 72.9 cm³/mol. The minimum absolute atomic E-state index is 0.394. The molecule has 2 N–H and O–H groups in total. The highest BCUT2D eigenvalue weighted by atomic mass is 16.2. The van der Waals surface area contributed by atoms with Crippen molar-refractivity contribution in [2.45, 2.75) is 13.8 Å². The monoisotopic (exact) mass is 270 g/mol. The fourth-order valence-electron chi connectivity index (χ4n) is 1.63. The van der Waals surface area contributed by atoms with E-state index in [-0.39, 0.29) is 0 Å². The Morgan fingerprint density at radius 2 is 1.25 bits per heavy atom. The van der Waals surface area contributed by atoms with E-state index in [9.17, 15) is 9.59 Å². The predicted octanol–water partition coefficient (Wildman–Crippen LogP) is 1.17. The van der Waals surface area contributed by atoms with Gasteiger partial charge in [0.05, 0.1) is 0 Å². The first-order valence-electron chi connectivity index (χ1n) is 6.02. The van der Waals surface area contributed by atoms with Gasteiger partial charge in [0.25, 0.3) is 11.8 Å². The zero-order valence-corrected chi connectivity index (χ0v) is 11.2. The zero-order valence-electron chi connectivity index (χ0n) is 11.2. The maximum Gasteiger partial charge on any atom is 0.269 e. The van der Waals surface area contributed by atoms with Crippen LogP contribution >= 0.6 is 0 Å². The number of hydrogen-bond acceptors (Lipinski definition) is 4. The maximum atomic E-state index is 11.8. The van der Waals surface area contributed by atoms with Crippen molar-refractivity contribution in [1.82, 2.24) is 20.8 Å². The summed E-state index contributed by atoms with van der Waals surface area (Å²) in [6.07, 6.45) is 3.08. The van der Waals surface area contributed by atoms with E-state index in [1.165, 1.54) is 12.4 Å². The highest BCUT2D eigenvalue weighted by Crippen LogP contribution is 2.01. The lowest BCUT2D eigenvalue weighted by atomic mass is 10.2. The molecule has 0 radical (unpaired) electrons. The number of rotatable bonds is 2. The van der Waals surface area contributed by atoms with Crippen LogP contribution in [-0.2, 0) is 0 Å². The molecule has 20 heavy (non-hydrogen) atoms. The second kappa shape index (κ2) is 5.92. The molecule has 0 spiro atoms. The van der Waals surface area contributed by atoms with E-state index in [2.05, 4.69) is 20.8 Å². The Morgan fingerprint density at radius 1 is 0.850 bits per heavy atom. The number of nitrogens with zero attached hydrogens (tertiary/aromatic N) is 2. The number of carbonyl (C=O) groups is 2. The molecule has 0 fully saturated rings. The number of aromatic nitrogens is 2. The van der Waals surface area contributed by atoms with E-state index < -0.39 is 11.8 Å². The molecular formula is C14H14N4O2. The smallest absolute Gasteiger partial charge is 0.267 e. The van der Waals surface area contributed by atoms with Crippen LogP contribution in [0.4, 0.5) is 0 Å². The Balaban J connectivity index is 1.98. The van der Waals surface area contributed by atoms with Crippen molar-refractivity contribution in [3.05, 3.63) is 59.2 Å². The van der Waals surface area contributed by atoms with Gasteiger partial charge >= 0.3 is 0 Å². The van der Waals surface area contributed by atoms with Gasteiger partial charge in [0.1, 0.15) is 0 Å². The highest BCUT2D eigenvalue weighted by molar-refractivity contribution is 5.99. The number of carbonyl (C=O) groups excluding carboxylic acids is 2. The average Bonchev–Trinajstić information content (AvgIpc) is 2.44. The van der Waals surface area contributed by atoms with Gasteiger partial charge in [-0.1, -0.05) is 0 Å². The summed E-state index contributed by atoms with van der Waals surface area (Å²) in [4.78, 5) is 31.7. The van der Waals surface area contributed by atoms with Crippen molar-refractivity contribution in [3.8, 4) is 0 Å². The van der Waals surface area contributed by atoms with Crippen molar-refractivity contribution >= 4 is 11.8 Å². The van der Waals surface area contributed by atoms with Gasteiger partial charge in [-0.15, -0.1) is 0 Å². The molecular weight excluding hydrogens is 256 g/mol. The molecule has 0 saturated heterocycles. The van der Waals surface area contributed by atoms with Crippen LogP contribution in [0.25, 0.3) is 0 Å². The second-order valence-electron chi connectivity index (χ2n) is 4.28. The molecule has 102 valence electrons. The van der Waals surface area contributed by atoms with Crippen molar-refractivity contribution in [2.75, 3.05) is 0 Å². The summed E-state index contributed by atoms with van der Waals surface area (Å²) < 4.78 is 0. The summed E-state index contributed by atoms with van der Waals surface area (Å²) in [7, 11) is 0. The molecule has 0 aliphatic rings. The number of pyridine rings is 2. The number of hydrogen-bond donors (Lipinski definition) is 2. The molecule has 6 heteroatoms. The third-order valence-electron chi connectivity index (χ3n) is 2.61. The number of aryl methyl sites for hydroxylation is 2. The van der Waals surface area contributed by atoms with E-state index in [1.807, 2.05) is 0 Å². The molecule has 0 aliphatic heterocycles. The topological polar surface area (TPSA) is 84.0 Å². The summed E-state index contributed by atoms with van der Waals surface area (Å²) >= 11 is 0. The number of nitrogens with one attached hydrogen (secondary N) is 2. The van der Waals surface area contributed by atoms with Gasteiger partial charge in [0.2, 0.25) is 0 Å². The molecule has 0 saturated carbocycles. The largest absolute Gasteiger partial charge is 0.269 e. The lowest BCUT2D eigenvalue weighted by Gasteiger charge is -2.07. The maximum absolute atomic E-state index is 11.8. The lowest BCUT2D eigenvalue weighted by molar-refractivity contribution is 0.0846. The number of amides is 2. The fraction of sp³-hybridized carbons (Fsp3) is 0.143. The molecule has 0 atom stereocenters. The molecule has 2 rings (SSSR count). The van der Waals surface area contributed by atoms with Crippen LogP contribution in [0, 0.1) is 13.8 Å². The minimum atomic E-state index is -0.394. The SMILES string of the molecule is Cc1cc(C(=O)NNC(=O)c2ccnc(C)c2)ccn1. The van der Waals surface area contributed by atoms with Gasteiger partial charge in [-0.3, -0.25) is 30.4 Å². The molecule has 2 amide bonds. The normalized spacial score (nSPS) is 9.90. The second-order valence-corrected chi connectivity index (χ2v) is 4.28. The van der Waals surface area contributed by atoms with Crippen LogP contribution < -0.4 is 10.9 Å². The molecule has 0 aliphatic carbocycles. The van der Waals surface area contributed by atoms with Gasteiger partial charge in [0.15, 0.2) is 0 Å². The number of hydrazine groups is 1. The minimum Gasteiger partial charge on any atom is -0.267 e. The van der Waals surface area contributed by atoms with Gasteiger partial charge in [0, 0.05) is 34.9 Å². The summed E-state index contributed by atoms with van der Waals surface area (Å²) in [5.41, 5.74) is 7.04. The van der Waals surface area contributed by atoms with Gasteiger partial charge < -0.3 is 0 Å². The summed E-state index contributed by atoms with van der Waals surface area (Å²) in [6.45, 7) is 3.57. The van der Waals surface area contributed by atoms with E-state index in [1.54, 1.807) is 38.1 Å². The molecule has 2 aromatic heterocycles. The Morgan fingerprint density at radius 3 is 1.60 bits per heavy atom. The molecule has 2 heterocycles. The van der Waals surface area contributed by atoms with Crippen LogP contribution in [0.1, 0.15) is 32.1 Å². The van der Waals surface area contributed by atoms with Crippen LogP contribution in [0.2, 0.25) is 0 Å². The quantitative estimate of drug-likeness (QED) is 0.802. The van der Waals surface area contributed by atoms with E-state index in [0.29, 0.717) is 11.1 Å². The summed E-state index contributed by atoms with van der Waals surface area (Å²) in [5.74, 6) is -0.788. The summed E-state index contributed by atoms with van der Waals surface area (Å²) in [6, 6.07) is 6.42. The first-order valence-corrected chi connectivity index (χ1v) is 6.02. The first-order chi connectivity index (χ1) is 9.56. The van der Waals surface area contributed by atoms with Crippen molar-refractivity contribution < 1.29 is 9.59 Å². The van der Waals surface area contributed by atoms with Gasteiger partial charge in [-0.2, -0.15) is 0 Å². The van der Waals surface area contributed by atoms with Crippen molar-refractivity contribution in [3.63, 3.8) is 0 Å². The Kier molecular flexibility index (Phi) is 4.05. The molecule has 2 aromatic rings. The molecule has 0 bridgehead atoms. The third-order valence-corrected chi connectivity index (χ3v) is 2.61. The molecule has 6 nitrogen and oxygen atoms in total.